The molecule has 0 aromatic heterocycles. The maximum atomic E-state index is 7.84. The number of aliphatic hydroxyl groups is 1. The number of nitrogens with zero attached hydrogens (tertiary/aromatic N) is 1. The minimum atomic E-state index is -0.142. The third kappa shape index (κ3) is 3.63. The standard InChI is InChI=1S/C3H6NO/c1-2-4-3-5/h5H,3H2,1H3/q-1. The van der Waals surface area contributed by atoms with Crippen LogP contribution in [0.2, 0.25) is 0 Å². The summed E-state index contributed by atoms with van der Waals surface area (Å²) in [6.45, 7) is 1.49. The largest absolute Gasteiger partial charge is 0.481 e. The Hall–Kier alpha value is -0.370. The summed E-state index contributed by atoms with van der Waals surface area (Å²) in [5, 5.41) is 7.84. The highest BCUT2D eigenvalue weighted by Gasteiger charge is 1.38. The Morgan fingerprint density at radius 3 is 2.60 bits per heavy atom. The quantitative estimate of drug-likeness (QED) is 0.340. The van der Waals surface area contributed by atoms with Gasteiger partial charge in [0.2, 0.25) is 0 Å². The zero-order valence-corrected chi connectivity index (χ0v) is 3.10. The molecule has 0 spiro atoms. The first kappa shape index (κ1) is 4.63. The first-order chi connectivity index (χ1) is 2.41. The molecule has 0 amide bonds. The Kier molecular flexibility index (Phi) is 3.36. The molecular weight excluding hydrogens is 66.0 g/mol. The molecular formula is C3H6NO-. The van der Waals surface area contributed by atoms with E-state index in [0.29, 0.717) is 0 Å². The van der Waals surface area contributed by atoms with Crippen molar-refractivity contribution in [3.63, 3.8) is 0 Å². The van der Waals surface area contributed by atoms with Crippen LogP contribution in [0.25, 0.3) is 0 Å². The van der Waals surface area contributed by atoms with Gasteiger partial charge in [-0.1, -0.05) is 0 Å². The van der Waals surface area contributed by atoms with Crippen LogP contribution in [0.4, 0.5) is 0 Å². The van der Waals surface area contributed by atoms with Crippen molar-refractivity contribution in [2.24, 2.45) is 4.99 Å². The lowest BCUT2D eigenvalue weighted by Gasteiger charge is -1.85. The average molecular weight is 72.1 g/mol. The van der Waals surface area contributed by atoms with E-state index in [2.05, 4.69) is 11.2 Å². The van der Waals surface area contributed by atoms with Crippen LogP contribution in [0.15, 0.2) is 4.99 Å². The Bertz CT molecular complexity index is 33.9. The molecule has 2 nitrogen and oxygen atoms in total. The second-order valence-corrected chi connectivity index (χ2v) is 0.523. The molecule has 0 heterocycles. The first-order valence-corrected chi connectivity index (χ1v) is 1.36. The van der Waals surface area contributed by atoms with Gasteiger partial charge < -0.3 is 16.3 Å². The predicted octanol–water partition coefficient (Wildman–Crippen LogP) is -0.0961. The van der Waals surface area contributed by atoms with Crippen LogP contribution in [0, 0.1) is 0 Å². The number of aliphatic hydroxyl groups excluding tert-OH is 1. The van der Waals surface area contributed by atoms with Crippen molar-refractivity contribution in [3.8, 4) is 0 Å². The van der Waals surface area contributed by atoms with E-state index in [0.717, 1.165) is 0 Å². The molecule has 0 radical (unpaired) electrons. The van der Waals surface area contributed by atoms with Gasteiger partial charge in [-0.15, -0.1) is 0 Å². The van der Waals surface area contributed by atoms with Crippen molar-refractivity contribution in [1.29, 1.82) is 0 Å². The Labute approximate surface area is 31.2 Å². The molecule has 0 aliphatic heterocycles. The van der Waals surface area contributed by atoms with Crippen LogP contribution in [0.5, 0.6) is 0 Å². The van der Waals surface area contributed by atoms with Gasteiger partial charge in [0, 0.05) is 0 Å². The van der Waals surface area contributed by atoms with Crippen molar-refractivity contribution in [1.82, 2.24) is 0 Å². The molecule has 0 unspecified atom stereocenters. The van der Waals surface area contributed by atoms with Crippen molar-refractivity contribution >= 4 is 6.21 Å². The molecule has 0 aliphatic carbocycles. The molecule has 0 aliphatic rings. The fourth-order valence-electron chi connectivity index (χ4n) is 0.0707. The van der Waals surface area contributed by atoms with Crippen molar-refractivity contribution in [3.05, 3.63) is 0 Å². The van der Waals surface area contributed by atoms with Crippen LogP contribution in [0.1, 0.15) is 6.92 Å². The molecule has 0 saturated heterocycles. The van der Waals surface area contributed by atoms with E-state index in [1.807, 2.05) is 0 Å². The zero-order valence-electron chi connectivity index (χ0n) is 3.10. The van der Waals surface area contributed by atoms with Crippen LogP contribution >= 0.6 is 0 Å². The van der Waals surface area contributed by atoms with E-state index < -0.39 is 0 Å². The van der Waals surface area contributed by atoms with Crippen molar-refractivity contribution < 1.29 is 5.11 Å². The van der Waals surface area contributed by atoms with Gasteiger partial charge in [0.15, 0.2) is 0 Å². The molecule has 0 aromatic carbocycles. The molecule has 0 bridgehead atoms. The minimum absolute atomic E-state index is 0.142. The summed E-state index contributed by atoms with van der Waals surface area (Å²) in [5.41, 5.74) is 0. The molecule has 30 valence electrons. The van der Waals surface area contributed by atoms with E-state index in [-0.39, 0.29) is 6.73 Å². The topological polar surface area (TPSA) is 32.6 Å². The highest BCUT2D eigenvalue weighted by molar-refractivity contribution is 5.52. The lowest BCUT2D eigenvalue weighted by Crippen LogP contribution is -1.69. The van der Waals surface area contributed by atoms with E-state index in [1.165, 1.54) is 0 Å². The van der Waals surface area contributed by atoms with Crippen LogP contribution < -0.4 is 0 Å². The highest BCUT2D eigenvalue weighted by atomic mass is 16.3. The van der Waals surface area contributed by atoms with Crippen molar-refractivity contribution in [2.45, 2.75) is 6.92 Å². The van der Waals surface area contributed by atoms with E-state index >= 15 is 0 Å². The molecule has 0 saturated carbocycles. The van der Waals surface area contributed by atoms with Gasteiger partial charge in [-0.25, -0.2) is 0 Å². The van der Waals surface area contributed by atoms with Gasteiger partial charge in [0.1, 0.15) is 0 Å². The average Bonchev–Trinajstić information content (AvgIpc) is 1.41. The molecule has 0 aromatic rings. The summed E-state index contributed by atoms with van der Waals surface area (Å²) < 4.78 is 0. The fourth-order valence-corrected chi connectivity index (χ4v) is 0.0707. The molecule has 2 heteroatoms. The third-order valence-electron chi connectivity index (χ3n) is 0.229. The summed E-state index contributed by atoms with van der Waals surface area (Å²) in [7, 11) is 0. The van der Waals surface area contributed by atoms with E-state index in [4.69, 9.17) is 5.11 Å². The molecule has 1 N–H and O–H groups in total. The Morgan fingerprint density at radius 1 is 2.00 bits per heavy atom. The van der Waals surface area contributed by atoms with E-state index in [9.17, 15) is 0 Å². The van der Waals surface area contributed by atoms with Crippen LogP contribution in [-0.2, 0) is 0 Å². The summed E-state index contributed by atoms with van der Waals surface area (Å²) in [5.74, 6) is 0. The number of hydrogen-bond acceptors (Lipinski definition) is 2. The smallest absolute Gasteiger partial charge is 0.0995 e. The lowest BCUT2D eigenvalue weighted by molar-refractivity contribution is 0.310. The summed E-state index contributed by atoms with van der Waals surface area (Å²) in [6.07, 6.45) is 2.39. The maximum absolute atomic E-state index is 7.84. The van der Waals surface area contributed by atoms with Gasteiger partial charge in [-0.3, -0.25) is 0 Å². The molecule has 0 fully saturated rings. The normalized spacial score (nSPS) is 10.0. The van der Waals surface area contributed by atoms with Gasteiger partial charge in [-0.2, -0.15) is 6.92 Å². The minimum Gasteiger partial charge on any atom is -0.481 e. The fraction of sp³-hybridized carbons (Fsp3) is 0.667. The number of aliphatic imine (C=N–C) groups is 1. The van der Waals surface area contributed by atoms with Gasteiger partial charge in [-0.05, 0) is 0 Å². The molecule has 0 rings (SSSR count). The van der Waals surface area contributed by atoms with Gasteiger partial charge >= 0.3 is 0 Å². The number of hydrogen-bond donors (Lipinski definition) is 1. The van der Waals surface area contributed by atoms with Crippen LogP contribution in [-0.4, -0.2) is 18.1 Å². The van der Waals surface area contributed by atoms with E-state index in [1.54, 1.807) is 6.92 Å². The summed E-state index contributed by atoms with van der Waals surface area (Å²) in [4.78, 5) is 3.28. The maximum Gasteiger partial charge on any atom is 0.0995 e. The predicted molar refractivity (Wildman–Crippen MR) is 20.2 cm³/mol. The summed E-state index contributed by atoms with van der Waals surface area (Å²) >= 11 is 0. The highest BCUT2D eigenvalue weighted by Crippen LogP contribution is 1.52. The second kappa shape index (κ2) is 3.63. The molecule has 5 heavy (non-hydrogen) atoms. The SMILES string of the molecule is C[C-]=NCO. The lowest BCUT2D eigenvalue weighted by atomic mass is 10.9. The third-order valence-corrected chi connectivity index (χ3v) is 0.229. The van der Waals surface area contributed by atoms with Crippen LogP contribution in [0.3, 0.4) is 0 Å². The summed E-state index contributed by atoms with van der Waals surface area (Å²) in [6, 6.07) is 0. The van der Waals surface area contributed by atoms with Gasteiger partial charge in [0.05, 0.1) is 6.73 Å². The first-order valence-electron chi connectivity index (χ1n) is 1.36. The zero-order chi connectivity index (χ0) is 4.12. The number of rotatable bonds is 1. The van der Waals surface area contributed by atoms with Gasteiger partial charge in [0.25, 0.3) is 0 Å². The van der Waals surface area contributed by atoms with Crippen molar-refractivity contribution in [2.75, 3.05) is 6.73 Å². The second-order valence-electron chi connectivity index (χ2n) is 0.523. The Balaban J connectivity index is 2.62. The monoisotopic (exact) mass is 72.0 g/mol. The molecule has 0 atom stereocenters. The Morgan fingerprint density at radius 2 is 2.60 bits per heavy atom.